The molecule has 0 radical (unpaired) electrons. The van der Waals surface area contributed by atoms with Crippen LogP contribution in [0.2, 0.25) is 10.2 Å². The van der Waals surface area contributed by atoms with E-state index in [9.17, 15) is 0 Å². The molecule has 8 heteroatoms. The first-order chi connectivity index (χ1) is 16.4. The van der Waals surface area contributed by atoms with Crippen molar-refractivity contribution in [1.29, 1.82) is 0 Å². The third-order valence-corrected chi connectivity index (χ3v) is 6.49. The summed E-state index contributed by atoms with van der Waals surface area (Å²) in [5.74, 6) is 0.552. The van der Waals surface area contributed by atoms with Gasteiger partial charge in [-0.15, -0.1) is 0 Å². The summed E-state index contributed by atoms with van der Waals surface area (Å²) >= 11 is 12.4. The van der Waals surface area contributed by atoms with E-state index in [0.717, 1.165) is 44.2 Å². The summed E-state index contributed by atoms with van der Waals surface area (Å²) in [5, 5.41) is 6.77. The lowest BCUT2D eigenvalue weighted by molar-refractivity contribution is 0.684. The average Bonchev–Trinajstić information content (AvgIpc) is 3.11. The smallest absolute Gasteiger partial charge is 0.129 e. The lowest BCUT2D eigenvalue weighted by Crippen LogP contribution is -2.15. The molecule has 0 saturated carbocycles. The van der Waals surface area contributed by atoms with Crippen LogP contribution in [-0.4, -0.2) is 19.5 Å². The van der Waals surface area contributed by atoms with Crippen LogP contribution in [-0.2, 0) is 19.6 Å². The van der Waals surface area contributed by atoms with E-state index in [1.54, 1.807) is 6.20 Å². The van der Waals surface area contributed by atoms with Crippen LogP contribution in [0.5, 0.6) is 0 Å². The number of nitrogens with one attached hydrogen (secondary N) is 1. The maximum atomic E-state index is 6.25. The Morgan fingerprint density at radius 2 is 1.85 bits per heavy atom. The Balaban J connectivity index is 1.42. The summed E-state index contributed by atoms with van der Waals surface area (Å²) < 4.78 is 2.20. The molecule has 0 fully saturated rings. The normalized spacial score (nSPS) is 11.5. The topological polar surface area (TPSA) is 81.6 Å². The van der Waals surface area contributed by atoms with Gasteiger partial charge in [0, 0.05) is 48.5 Å². The molecule has 0 aliphatic carbocycles. The highest BCUT2D eigenvalue weighted by atomic mass is 35.5. The Labute approximate surface area is 207 Å². The molecule has 0 aliphatic heterocycles. The largest absolute Gasteiger partial charge is 0.384 e. The monoisotopic (exact) mass is 490 g/mol. The van der Waals surface area contributed by atoms with E-state index >= 15 is 0 Å². The van der Waals surface area contributed by atoms with Crippen LogP contribution < -0.4 is 11.1 Å². The van der Waals surface area contributed by atoms with E-state index in [4.69, 9.17) is 28.9 Å². The van der Waals surface area contributed by atoms with Crippen molar-refractivity contribution in [2.45, 2.75) is 33.5 Å². The molecule has 0 atom stereocenters. The second-order valence-electron chi connectivity index (χ2n) is 8.52. The number of anilines is 1. The first kappa shape index (κ1) is 22.6. The van der Waals surface area contributed by atoms with Gasteiger partial charge in [-0.1, -0.05) is 29.3 Å². The van der Waals surface area contributed by atoms with Crippen molar-refractivity contribution >= 4 is 50.8 Å². The average molecular weight is 491 g/mol. The number of rotatable bonds is 6. The molecule has 5 rings (SSSR count). The molecule has 34 heavy (non-hydrogen) atoms. The molecule has 172 valence electrons. The third kappa shape index (κ3) is 4.57. The first-order valence-electron chi connectivity index (χ1n) is 11.0. The number of benzene rings is 1. The molecule has 0 aliphatic rings. The zero-order valence-corrected chi connectivity index (χ0v) is 20.5. The van der Waals surface area contributed by atoms with Gasteiger partial charge in [0.15, 0.2) is 0 Å². The maximum Gasteiger partial charge on any atom is 0.129 e. The van der Waals surface area contributed by atoms with Gasteiger partial charge in [-0.3, -0.25) is 4.98 Å². The van der Waals surface area contributed by atoms with E-state index in [1.165, 1.54) is 5.56 Å². The van der Waals surface area contributed by atoms with Gasteiger partial charge < -0.3 is 15.6 Å². The standard InChI is InChI=1S/C26H24Cl2N6/c1-15-5-26(29)33-16(2)22(15)11-30-9-19-14-34(24-12-32-25(28)8-21(19)24)13-17-3-4-23-18(6-17)7-20(27)10-31-23/h3-8,10,12,14,30H,9,11,13H2,1-2H3,(H2,29,33). The molecule has 5 aromatic rings. The zero-order valence-electron chi connectivity index (χ0n) is 18.9. The van der Waals surface area contributed by atoms with Crippen molar-refractivity contribution in [2.75, 3.05) is 5.73 Å². The maximum absolute atomic E-state index is 6.25. The fourth-order valence-corrected chi connectivity index (χ4v) is 4.76. The second kappa shape index (κ2) is 9.22. The number of hydrogen-bond donors (Lipinski definition) is 2. The van der Waals surface area contributed by atoms with Crippen LogP contribution in [0, 0.1) is 13.8 Å². The molecule has 1 aromatic carbocycles. The summed E-state index contributed by atoms with van der Waals surface area (Å²) in [6.07, 6.45) is 5.66. The molecular formula is C26H24Cl2N6. The lowest BCUT2D eigenvalue weighted by Gasteiger charge is -2.11. The van der Waals surface area contributed by atoms with Gasteiger partial charge in [-0.2, -0.15) is 0 Å². The van der Waals surface area contributed by atoms with Crippen molar-refractivity contribution in [3.05, 3.63) is 93.1 Å². The van der Waals surface area contributed by atoms with Crippen molar-refractivity contribution in [1.82, 2.24) is 24.8 Å². The van der Waals surface area contributed by atoms with Gasteiger partial charge in [0.05, 0.1) is 22.3 Å². The van der Waals surface area contributed by atoms with Crippen molar-refractivity contribution in [2.24, 2.45) is 0 Å². The molecule has 0 spiro atoms. The molecule has 4 heterocycles. The number of aromatic nitrogens is 4. The quantitative estimate of drug-likeness (QED) is 0.293. The van der Waals surface area contributed by atoms with Crippen LogP contribution in [0.25, 0.3) is 21.8 Å². The SMILES string of the molecule is Cc1cc(N)nc(C)c1CNCc1cn(Cc2ccc3ncc(Cl)cc3c2)c2cnc(Cl)cc12. The number of halogens is 2. The number of nitrogens with zero attached hydrogens (tertiary/aromatic N) is 4. The van der Waals surface area contributed by atoms with Crippen LogP contribution in [0.4, 0.5) is 5.82 Å². The van der Waals surface area contributed by atoms with Crippen molar-refractivity contribution in [3.8, 4) is 0 Å². The Hall–Kier alpha value is -3.19. The molecule has 0 saturated heterocycles. The van der Waals surface area contributed by atoms with Gasteiger partial charge in [-0.05, 0) is 66.4 Å². The second-order valence-corrected chi connectivity index (χ2v) is 9.34. The molecule has 0 amide bonds. The van der Waals surface area contributed by atoms with Gasteiger partial charge in [0.25, 0.3) is 0 Å². The van der Waals surface area contributed by atoms with Crippen LogP contribution in [0.15, 0.2) is 55.0 Å². The fourth-order valence-electron chi connectivity index (χ4n) is 4.43. The molecule has 6 nitrogen and oxygen atoms in total. The minimum atomic E-state index is 0.479. The van der Waals surface area contributed by atoms with Gasteiger partial charge in [-0.25, -0.2) is 9.97 Å². The summed E-state index contributed by atoms with van der Waals surface area (Å²) in [7, 11) is 0. The summed E-state index contributed by atoms with van der Waals surface area (Å²) in [4.78, 5) is 13.1. The Bertz CT molecular complexity index is 1500. The lowest BCUT2D eigenvalue weighted by atomic mass is 10.1. The van der Waals surface area contributed by atoms with E-state index in [1.807, 2.05) is 37.4 Å². The summed E-state index contributed by atoms with van der Waals surface area (Å²) in [5.41, 5.74) is 13.4. The zero-order chi connectivity index (χ0) is 23.8. The predicted molar refractivity (Wildman–Crippen MR) is 139 cm³/mol. The minimum absolute atomic E-state index is 0.479. The minimum Gasteiger partial charge on any atom is -0.384 e. The molecule has 0 unspecified atom stereocenters. The summed E-state index contributed by atoms with van der Waals surface area (Å²) in [6, 6.07) is 12.0. The van der Waals surface area contributed by atoms with E-state index in [2.05, 4.69) is 50.1 Å². The number of aryl methyl sites for hydroxylation is 2. The fraction of sp³-hybridized carbons (Fsp3) is 0.192. The highest BCUT2D eigenvalue weighted by molar-refractivity contribution is 6.31. The molecular weight excluding hydrogens is 467 g/mol. The highest BCUT2D eigenvalue weighted by Gasteiger charge is 2.12. The third-order valence-electron chi connectivity index (χ3n) is 6.07. The number of hydrogen-bond acceptors (Lipinski definition) is 5. The van der Waals surface area contributed by atoms with Crippen molar-refractivity contribution < 1.29 is 0 Å². The molecule has 3 N–H and O–H groups in total. The van der Waals surface area contributed by atoms with Crippen LogP contribution in [0.3, 0.4) is 0 Å². The Morgan fingerprint density at radius 1 is 1.00 bits per heavy atom. The number of nitrogen functional groups attached to an aromatic ring is 1. The van der Waals surface area contributed by atoms with Crippen molar-refractivity contribution in [3.63, 3.8) is 0 Å². The number of nitrogens with two attached hydrogens (primary N) is 1. The number of pyridine rings is 3. The van der Waals surface area contributed by atoms with Crippen LogP contribution >= 0.6 is 23.2 Å². The highest BCUT2D eigenvalue weighted by Crippen LogP contribution is 2.26. The predicted octanol–water partition coefficient (Wildman–Crippen LogP) is 5.82. The van der Waals surface area contributed by atoms with E-state index in [-0.39, 0.29) is 0 Å². The summed E-state index contributed by atoms with van der Waals surface area (Å²) in [6.45, 7) is 6.14. The van der Waals surface area contributed by atoms with Crippen LogP contribution in [0.1, 0.15) is 27.9 Å². The van der Waals surface area contributed by atoms with E-state index < -0.39 is 0 Å². The Morgan fingerprint density at radius 3 is 2.68 bits per heavy atom. The number of fused-ring (bicyclic) bond motifs is 2. The first-order valence-corrected chi connectivity index (χ1v) is 11.7. The Kier molecular flexibility index (Phi) is 6.13. The van der Waals surface area contributed by atoms with Gasteiger partial charge in [0.1, 0.15) is 11.0 Å². The molecule has 4 aromatic heterocycles. The van der Waals surface area contributed by atoms with E-state index in [0.29, 0.717) is 35.6 Å². The molecule has 0 bridgehead atoms. The van der Waals surface area contributed by atoms with Gasteiger partial charge in [0.2, 0.25) is 0 Å². The van der Waals surface area contributed by atoms with Gasteiger partial charge >= 0.3 is 0 Å².